The molecule has 1 heterocycles. The number of hydrogen-bond donors (Lipinski definition) is 1. The Morgan fingerprint density at radius 3 is 2.45 bits per heavy atom. The van der Waals surface area contributed by atoms with E-state index in [2.05, 4.69) is 24.1 Å². The molecule has 0 unspecified atom stereocenters. The van der Waals surface area contributed by atoms with Crippen molar-refractivity contribution in [2.24, 2.45) is 11.8 Å². The fraction of sp³-hybridized carbons (Fsp3) is 0.708. The first-order valence-corrected chi connectivity index (χ1v) is 11.4. The van der Waals surface area contributed by atoms with E-state index in [0.29, 0.717) is 12.5 Å². The van der Waals surface area contributed by atoms with Gasteiger partial charge in [0.1, 0.15) is 11.4 Å². The van der Waals surface area contributed by atoms with Gasteiger partial charge in [0, 0.05) is 18.8 Å². The number of anilines is 1. The minimum atomic E-state index is -0.725. The molecule has 162 valence electrons. The van der Waals surface area contributed by atoms with Crippen molar-refractivity contribution in [2.45, 2.75) is 64.9 Å². The summed E-state index contributed by atoms with van der Waals surface area (Å²) in [7, 11) is 0. The quantitative estimate of drug-likeness (QED) is 0.544. The molecular formula is C24H38N2O3. The molecule has 0 spiro atoms. The minimum absolute atomic E-state index is 0.0435. The van der Waals surface area contributed by atoms with Gasteiger partial charge in [-0.05, 0) is 94.6 Å². The SMILES string of the molecule is CCCO[C@@](C)(C(=O)Nc1ccc(OCCCN2CCC(C)CC2)cc1)C1CC1. The second kappa shape index (κ2) is 10.4. The molecule has 1 N–H and O–H groups in total. The highest BCUT2D eigenvalue weighted by atomic mass is 16.5. The van der Waals surface area contributed by atoms with Gasteiger partial charge < -0.3 is 19.7 Å². The van der Waals surface area contributed by atoms with E-state index >= 15 is 0 Å². The van der Waals surface area contributed by atoms with Crippen LogP contribution in [0.2, 0.25) is 0 Å². The van der Waals surface area contributed by atoms with E-state index in [9.17, 15) is 4.79 Å². The molecule has 1 aliphatic carbocycles. The molecule has 29 heavy (non-hydrogen) atoms. The first kappa shape index (κ1) is 22.1. The Morgan fingerprint density at radius 2 is 1.83 bits per heavy atom. The van der Waals surface area contributed by atoms with Crippen LogP contribution in [0.3, 0.4) is 0 Å². The summed E-state index contributed by atoms with van der Waals surface area (Å²) in [5.41, 5.74) is 0.0639. The van der Waals surface area contributed by atoms with Gasteiger partial charge in [0.2, 0.25) is 0 Å². The smallest absolute Gasteiger partial charge is 0.256 e. The lowest BCUT2D eigenvalue weighted by Crippen LogP contribution is -2.45. The molecule has 0 aromatic heterocycles. The Kier molecular flexibility index (Phi) is 7.96. The van der Waals surface area contributed by atoms with Crippen LogP contribution >= 0.6 is 0 Å². The van der Waals surface area contributed by atoms with Crippen molar-refractivity contribution >= 4 is 11.6 Å². The number of ether oxygens (including phenoxy) is 2. The van der Waals surface area contributed by atoms with Crippen LogP contribution in [0.5, 0.6) is 5.75 Å². The zero-order valence-corrected chi connectivity index (χ0v) is 18.4. The van der Waals surface area contributed by atoms with E-state index in [-0.39, 0.29) is 5.91 Å². The van der Waals surface area contributed by atoms with Gasteiger partial charge in [0.15, 0.2) is 0 Å². The molecule has 2 aliphatic rings. The highest BCUT2D eigenvalue weighted by molar-refractivity contribution is 5.97. The number of rotatable bonds is 11. The number of benzene rings is 1. The molecule has 1 aromatic carbocycles. The van der Waals surface area contributed by atoms with Crippen LogP contribution in [0.25, 0.3) is 0 Å². The summed E-state index contributed by atoms with van der Waals surface area (Å²) >= 11 is 0. The van der Waals surface area contributed by atoms with Crippen LogP contribution in [0, 0.1) is 11.8 Å². The van der Waals surface area contributed by atoms with E-state index in [4.69, 9.17) is 9.47 Å². The third-order valence-electron chi connectivity index (χ3n) is 6.29. The van der Waals surface area contributed by atoms with Gasteiger partial charge in [-0.2, -0.15) is 0 Å². The fourth-order valence-electron chi connectivity index (χ4n) is 3.97. The largest absolute Gasteiger partial charge is 0.494 e. The molecule has 1 atom stereocenters. The van der Waals surface area contributed by atoms with Crippen molar-refractivity contribution in [3.63, 3.8) is 0 Å². The fourth-order valence-corrected chi connectivity index (χ4v) is 3.97. The molecule has 0 bridgehead atoms. The van der Waals surface area contributed by atoms with Gasteiger partial charge in [-0.15, -0.1) is 0 Å². The summed E-state index contributed by atoms with van der Waals surface area (Å²) in [5.74, 6) is 2.02. The first-order valence-electron chi connectivity index (χ1n) is 11.4. The van der Waals surface area contributed by atoms with E-state index in [1.165, 1.54) is 25.9 Å². The maximum Gasteiger partial charge on any atom is 0.256 e. The van der Waals surface area contributed by atoms with Crippen molar-refractivity contribution in [2.75, 3.05) is 38.2 Å². The summed E-state index contributed by atoms with van der Waals surface area (Å²) in [6.07, 6.45) is 6.72. The molecule has 1 aliphatic heterocycles. The number of nitrogens with one attached hydrogen (secondary N) is 1. The van der Waals surface area contributed by atoms with Crippen molar-refractivity contribution in [3.05, 3.63) is 24.3 Å². The normalized spacial score (nSPS) is 20.2. The van der Waals surface area contributed by atoms with Gasteiger partial charge in [-0.25, -0.2) is 0 Å². The van der Waals surface area contributed by atoms with Crippen LogP contribution in [0.4, 0.5) is 5.69 Å². The van der Waals surface area contributed by atoms with Gasteiger partial charge in [0.25, 0.3) is 5.91 Å². The second-order valence-corrected chi connectivity index (χ2v) is 8.93. The molecule has 3 rings (SSSR count). The molecule has 5 heteroatoms. The molecular weight excluding hydrogens is 364 g/mol. The van der Waals surface area contributed by atoms with Crippen LogP contribution in [-0.4, -0.2) is 49.3 Å². The number of carbonyl (C=O) groups excluding carboxylic acids is 1. The summed E-state index contributed by atoms with van der Waals surface area (Å²) in [5, 5.41) is 3.03. The number of carbonyl (C=O) groups is 1. The lowest BCUT2D eigenvalue weighted by molar-refractivity contribution is -0.142. The number of likely N-dealkylation sites (tertiary alicyclic amines) is 1. The zero-order valence-electron chi connectivity index (χ0n) is 18.4. The molecule has 0 radical (unpaired) electrons. The zero-order chi connectivity index (χ0) is 20.7. The first-order chi connectivity index (χ1) is 14.0. The highest BCUT2D eigenvalue weighted by Gasteiger charge is 2.48. The monoisotopic (exact) mass is 402 g/mol. The third kappa shape index (κ3) is 6.45. The topological polar surface area (TPSA) is 50.8 Å². The number of amides is 1. The second-order valence-electron chi connectivity index (χ2n) is 8.93. The van der Waals surface area contributed by atoms with Crippen LogP contribution in [0.15, 0.2) is 24.3 Å². The Hall–Kier alpha value is -1.59. The van der Waals surface area contributed by atoms with Crippen LogP contribution in [0.1, 0.15) is 59.3 Å². The van der Waals surface area contributed by atoms with Crippen molar-refractivity contribution in [3.8, 4) is 5.75 Å². The van der Waals surface area contributed by atoms with E-state index in [0.717, 1.165) is 56.2 Å². The van der Waals surface area contributed by atoms with E-state index < -0.39 is 5.60 Å². The van der Waals surface area contributed by atoms with E-state index in [1.807, 2.05) is 31.2 Å². The summed E-state index contributed by atoms with van der Waals surface area (Å²) in [6, 6.07) is 7.68. The number of piperidine rings is 1. The average molecular weight is 403 g/mol. The third-order valence-corrected chi connectivity index (χ3v) is 6.29. The molecule has 1 saturated carbocycles. The predicted molar refractivity (Wildman–Crippen MR) is 117 cm³/mol. The number of hydrogen-bond acceptors (Lipinski definition) is 4. The van der Waals surface area contributed by atoms with Gasteiger partial charge >= 0.3 is 0 Å². The van der Waals surface area contributed by atoms with Crippen molar-refractivity contribution in [1.29, 1.82) is 0 Å². The molecule has 1 saturated heterocycles. The average Bonchev–Trinajstić information content (AvgIpc) is 3.58. The Morgan fingerprint density at radius 1 is 1.14 bits per heavy atom. The van der Waals surface area contributed by atoms with Crippen molar-refractivity contribution in [1.82, 2.24) is 4.90 Å². The maximum absolute atomic E-state index is 12.8. The van der Waals surface area contributed by atoms with E-state index in [1.54, 1.807) is 0 Å². The van der Waals surface area contributed by atoms with Crippen molar-refractivity contribution < 1.29 is 14.3 Å². The summed E-state index contributed by atoms with van der Waals surface area (Å²) < 4.78 is 11.8. The Labute approximate surface area is 176 Å². The van der Waals surface area contributed by atoms with Gasteiger partial charge in [-0.1, -0.05) is 13.8 Å². The molecule has 2 fully saturated rings. The molecule has 1 aromatic rings. The maximum atomic E-state index is 12.8. The van der Waals surface area contributed by atoms with Crippen LogP contribution in [-0.2, 0) is 9.53 Å². The predicted octanol–water partition coefficient (Wildman–Crippen LogP) is 4.72. The lowest BCUT2D eigenvalue weighted by Gasteiger charge is -2.30. The molecule has 1 amide bonds. The summed E-state index contributed by atoms with van der Waals surface area (Å²) in [6.45, 7) is 11.2. The standard InChI is InChI=1S/C24H38N2O3/c1-4-17-29-24(3,20-6-7-20)23(27)25-21-8-10-22(11-9-21)28-18-5-14-26-15-12-19(2)13-16-26/h8-11,19-20H,4-7,12-18H2,1-3H3,(H,25,27)/t24-/m1/s1. The van der Waals surface area contributed by atoms with Gasteiger partial charge in [-0.3, -0.25) is 4.79 Å². The lowest BCUT2D eigenvalue weighted by atomic mass is 9.98. The summed E-state index contributed by atoms with van der Waals surface area (Å²) in [4.78, 5) is 15.4. The van der Waals surface area contributed by atoms with Gasteiger partial charge in [0.05, 0.1) is 6.61 Å². The Bertz CT molecular complexity index is 636. The molecule has 5 nitrogen and oxygen atoms in total. The Balaban J connectivity index is 1.40. The number of nitrogens with zero attached hydrogens (tertiary/aromatic N) is 1. The van der Waals surface area contributed by atoms with Crippen LogP contribution < -0.4 is 10.1 Å². The highest BCUT2D eigenvalue weighted by Crippen LogP contribution is 2.42. The minimum Gasteiger partial charge on any atom is -0.494 e.